The minimum atomic E-state index is -0.0229. The smallest absolute Gasteiger partial charge is 0.0722 e. The number of benzene rings is 2. The van der Waals surface area contributed by atoms with Gasteiger partial charge in [0, 0.05) is 18.5 Å². The maximum absolute atomic E-state index is 10.2. The molecule has 0 amide bonds. The molecule has 0 aromatic heterocycles. The second-order valence-electron chi connectivity index (χ2n) is 7.99. The molecule has 1 atom stereocenters. The maximum atomic E-state index is 10.2. The van der Waals surface area contributed by atoms with Gasteiger partial charge in [-0.3, -0.25) is 4.90 Å². The Kier molecular flexibility index (Phi) is 5.39. The van der Waals surface area contributed by atoms with Crippen LogP contribution in [0.1, 0.15) is 35.1 Å². The van der Waals surface area contributed by atoms with E-state index >= 15 is 0 Å². The molecule has 2 aliphatic heterocycles. The lowest BCUT2D eigenvalue weighted by Gasteiger charge is -2.42. The monoisotopic (exact) mass is 351 g/mol. The van der Waals surface area contributed by atoms with Crippen molar-refractivity contribution in [1.29, 1.82) is 0 Å². The highest BCUT2D eigenvalue weighted by atomic mass is 16.5. The Balaban J connectivity index is 1.50. The number of fused-ring (bicyclic) bond motifs is 1. The van der Waals surface area contributed by atoms with Crippen molar-refractivity contribution in [1.82, 2.24) is 4.90 Å². The molecular weight excluding hydrogens is 322 g/mol. The van der Waals surface area contributed by atoms with Crippen LogP contribution < -0.4 is 0 Å². The number of aliphatic hydroxyl groups excluding tert-OH is 1. The van der Waals surface area contributed by atoms with E-state index in [0.29, 0.717) is 0 Å². The number of likely N-dealkylation sites (tertiary alicyclic amines) is 1. The van der Waals surface area contributed by atoms with Gasteiger partial charge >= 0.3 is 0 Å². The molecule has 0 spiro atoms. The van der Waals surface area contributed by atoms with Gasteiger partial charge in [-0.2, -0.15) is 0 Å². The molecule has 26 heavy (non-hydrogen) atoms. The number of nitrogens with zero attached hydrogens (tertiary/aromatic N) is 1. The van der Waals surface area contributed by atoms with E-state index in [4.69, 9.17) is 4.74 Å². The Hall–Kier alpha value is -1.68. The van der Waals surface area contributed by atoms with Crippen molar-refractivity contribution in [3.05, 3.63) is 70.8 Å². The van der Waals surface area contributed by atoms with E-state index in [1.807, 2.05) is 0 Å². The molecule has 0 aliphatic carbocycles. The van der Waals surface area contributed by atoms with E-state index in [1.54, 1.807) is 0 Å². The molecule has 2 aromatic carbocycles. The molecule has 1 fully saturated rings. The quantitative estimate of drug-likeness (QED) is 0.894. The summed E-state index contributed by atoms with van der Waals surface area (Å²) in [5, 5.41) is 10.2. The second kappa shape index (κ2) is 7.91. The zero-order valence-corrected chi connectivity index (χ0v) is 15.5. The van der Waals surface area contributed by atoms with Gasteiger partial charge in [-0.25, -0.2) is 0 Å². The molecule has 1 N–H and O–H groups in total. The van der Waals surface area contributed by atoms with Crippen LogP contribution in [-0.4, -0.2) is 36.3 Å². The number of aliphatic hydroxyl groups is 1. The third-order valence-electron chi connectivity index (χ3n) is 6.02. The topological polar surface area (TPSA) is 32.7 Å². The molecule has 2 heterocycles. The summed E-state index contributed by atoms with van der Waals surface area (Å²) >= 11 is 0. The van der Waals surface area contributed by atoms with Crippen LogP contribution >= 0.6 is 0 Å². The summed E-state index contributed by atoms with van der Waals surface area (Å²) in [6, 6.07) is 17.3. The summed E-state index contributed by atoms with van der Waals surface area (Å²) in [6.07, 6.45) is 4.23. The van der Waals surface area contributed by atoms with Gasteiger partial charge in [0.05, 0.1) is 19.8 Å². The lowest BCUT2D eigenvalue weighted by Crippen LogP contribution is -2.46. The minimum absolute atomic E-state index is 0.0229. The highest BCUT2D eigenvalue weighted by Crippen LogP contribution is 2.34. The van der Waals surface area contributed by atoms with Crippen LogP contribution in [0.15, 0.2) is 48.5 Å². The molecule has 0 bridgehead atoms. The van der Waals surface area contributed by atoms with E-state index in [2.05, 4.69) is 53.4 Å². The van der Waals surface area contributed by atoms with Gasteiger partial charge in [0.15, 0.2) is 0 Å². The van der Waals surface area contributed by atoms with E-state index < -0.39 is 0 Å². The molecule has 4 rings (SSSR count). The molecule has 3 nitrogen and oxygen atoms in total. The summed E-state index contributed by atoms with van der Waals surface area (Å²) in [7, 11) is 0. The van der Waals surface area contributed by atoms with E-state index in [1.165, 1.54) is 22.3 Å². The van der Waals surface area contributed by atoms with Gasteiger partial charge < -0.3 is 9.84 Å². The van der Waals surface area contributed by atoms with Crippen molar-refractivity contribution >= 4 is 0 Å². The number of piperidine rings is 1. The number of hydrogen-bond acceptors (Lipinski definition) is 3. The minimum Gasteiger partial charge on any atom is -0.396 e. The van der Waals surface area contributed by atoms with E-state index in [0.717, 1.165) is 58.5 Å². The van der Waals surface area contributed by atoms with Crippen molar-refractivity contribution in [2.75, 3.05) is 26.3 Å². The fourth-order valence-electron chi connectivity index (χ4n) is 4.66. The Morgan fingerprint density at radius 2 is 1.96 bits per heavy atom. The van der Waals surface area contributed by atoms with Crippen LogP contribution in [0, 0.1) is 5.41 Å². The lowest BCUT2D eigenvalue weighted by molar-refractivity contribution is 0.0282. The average molecular weight is 351 g/mol. The van der Waals surface area contributed by atoms with Gasteiger partial charge in [0.2, 0.25) is 0 Å². The lowest BCUT2D eigenvalue weighted by atomic mass is 9.75. The molecule has 0 saturated carbocycles. The molecule has 3 heteroatoms. The van der Waals surface area contributed by atoms with Gasteiger partial charge in [0.25, 0.3) is 0 Å². The maximum Gasteiger partial charge on any atom is 0.0722 e. The van der Waals surface area contributed by atoms with Crippen molar-refractivity contribution in [3.63, 3.8) is 0 Å². The van der Waals surface area contributed by atoms with Crippen molar-refractivity contribution in [3.8, 4) is 0 Å². The number of ether oxygens (including phenoxy) is 1. The predicted molar refractivity (Wildman–Crippen MR) is 104 cm³/mol. The first kappa shape index (κ1) is 17.7. The third kappa shape index (κ3) is 3.85. The van der Waals surface area contributed by atoms with Crippen molar-refractivity contribution in [2.45, 2.75) is 38.8 Å². The van der Waals surface area contributed by atoms with Crippen LogP contribution in [0.2, 0.25) is 0 Å². The van der Waals surface area contributed by atoms with Crippen LogP contribution in [0.25, 0.3) is 0 Å². The van der Waals surface area contributed by atoms with Gasteiger partial charge in [-0.05, 0) is 54.5 Å². The first-order valence-corrected chi connectivity index (χ1v) is 9.83. The first-order valence-electron chi connectivity index (χ1n) is 9.83. The van der Waals surface area contributed by atoms with Crippen molar-refractivity contribution < 1.29 is 9.84 Å². The van der Waals surface area contributed by atoms with Crippen LogP contribution in [0.3, 0.4) is 0 Å². The highest BCUT2D eigenvalue weighted by molar-refractivity contribution is 5.36. The Labute approximate surface area is 156 Å². The zero-order chi connectivity index (χ0) is 17.8. The summed E-state index contributed by atoms with van der Waals surface area (Å²) in [6.45, 7) is 4.88. The molecule has 0 radical (unpaired) electrons. The van der Waals surface area contributed by atoms with Crippen LogP contribution in [0.5, 0.6) is 0 Å². The SMILES string of the molecule is OCC1(Cc2ccccc2)CCCN(Cc2cccc3c2COCC3)C1. The Bertz CT molecular complexity index is 730. The molecule has 1 saturated heterocycles. The third-order valence-corrected chi connectivity index (χ3v) is 6.02. The fraction of sp³-hybridized carbons (Fsp3) is 0.478. The number of hydrogen-bond donors (Lipinski definition) is 1. The summed E-state index contributed by atoms with van der Waals surface area (Å²) in [5.74, 6) is 0. The summed E-state index contributed by atoms with van der Waals surface area (Å²) in [5.41, 5.74) is 5.54. The second-order valence-corrected chi connectivity index (χ2v) is 7.99. The molecule has 2 aliphatic rings. The van der Waals surface area contributed by atoms with Gasteiger partial charge in [-0.1, -0.05) is 48.5 Å². The van der Waals surface area contributed by atoms with Gasteiger partial charge in [0.1, 0.15) is 0 Å². The largest absolute Gasteiger partial charge is 0.396 e. The van der Waals surface area contributed by atoms with Crippen molar-refractivity contribution in [2.24, 2.45) is 5.41 Å². The molecule has 1 unspecified atom stereocenters. The molecule has 138 valence electrons. The fourth-order valence-corrected chi connectivity index (χ4v) is 4.66. The van der Waals surface area contributed by atoms with Crippen LogP contribution in [0.4, 0.5) is 0 Å². The first-order chi connectivity index (χ1) is 12.8. The van der Waals surface area contributed by atoms with E-state index in [9.17, 15) is 5.11 Å². The highest BCUT2D eigenvalue weighted by Gasteiger charge is 2.35. The molecule has 2 aromatic rings. The van der Waals surface area contributed by atoms with Gasteiger partial charge in [-0.15, -0.1) is 0 Å². The predicted octanol–water partition coefficient (Wildman–Crippen LogP) is 3.58. The Morgan fingerprint density at radius 1 is 1.08 bits per heavy atom. The van der Waals surface area contributed by atoms with Crippen LogP contribution in [-0.2, 0) is 30.7 Å². The number of rotatable bonds is 5. The zero-order valence-electron chi connectivity index (χ0n) is 15.5. The molecular formula is C23H29NO2. The summed E-state index contributed by atoms with van der Waals surface area (Å²) < 4.78 is 5.71. The van der Waals surface area contributed by atoms with E-state index in [-0.39, 0.29) is 12.0 Å². The summed E-state index contributed by atoms with van der Waals surface area (Å²) in [4.78, 5) is 2.53. The average Bonchev–Trinajstić information content (AvgIpc) is 2.69. The Morgan fingerprint density at radius 3 is 2.81 bits per heavy atom. The normalized spacial score (nSPS) is 23.6. The standard InChI is InChI=1S/C23H29NO2/c25-18-23(14-19-6-2-1-3-7-19)11-5-12-24(17-23)15-21-9-4-8-20-10-13-26-16-22(20)21/h1-4,6-9,25H,5,10-18H2.